The number of rotatable bonds is 5. The fourth-order valence-electron chi connectivity index (χ4n) is 2.62. The number of nitrogens with zero attached hydrogens (tertiary/aromatic N) is 3. The van der Waals surface area contributed by atoms with E-state index < -0.39 is 0 Å². The summed E-state index contributed by atoms with van der Waals surface area (Å²) in [5.41, 5.74) is 0.0359. The quantitative estimate of drug-likeness (QED) is 0.651. The van der Waals surface area contributed by atoms with Gasteiger partial charge in [0.1, 0.15) is 0 Å². The van der Waals surface area contributed by atoms with Gasteiger partial charge in [-0.1, -0.05) is 0 Å². The first-order valence-corrected chi connectivity index (χ1v) is 6.78. The van der Waals surface area contributed by atoms with Crippen LogP contribution >= 0.6 is 0 Å². The largest absolute Gasteiger partial charge is 0.481 e. The Morgan fingerprint density at radius 3 is 3.00 bits per heavy atom. The number of ether oxygens (including phenoxy) is 1. The fraction of sp³-hybridized carbons (Fsp3) is 0.615. The van der Waals surface area contributed by atoms with Crippen LogP contribution in [-0.2, 0) is 0 Å². The zero-order chi connectivity index (χ0) is 14.5. The summed E-state index contributed by atoms with van der Waals surface area (Å²) in [6.45, 7) is 1.57. The Hall–Kier alpha value is -1.89. The van der Waals surface area contributed by atoms with E-state index in [1.54, 1.807) is 0 Å². The van der Waals surface area contributed by atoms with Crippen LogP contribution in [0.3, 0.4) is 0 Å². The fourth-order valence-corrected chi connectivity index (χ4v) is 2.62. The van der Waals surface area contributed by atoms with Crippen molar-refractivity contribution in [2.75, 3.05) is 32.1 Å². The number of aromatic nitrogens is 1. The summed E-state index contributed by atoms with van der Waals surface area (Å²) in [7, 11) is 3.40. The highest BCUT2D eigenvalue weighted by atomic mass is 16.6. The Morgan fingerprint density at radius 2 is 2.35 bits per heavy atom. The van der Waals surface area contributed by atoms with Crippen LogP contribution in [0.25, 0.3) is 0 Å². The third kappa shape index (κ3) is 2.98. The summed E-state index contributed by atoms with van der Waals surface area (Å²) in [5.74, 6) is 0.814. The topological polar surface area (TPSA) is 80.5 Å². The van der Waals surface area contributed by atoms with Gasteiger partial charge in [-0.25, -0.2) is 0 Å². The van der Waals surface area contributed by atoms with Gasteiger partial charge in [0, 0.05) is 31.3 Å². The van der Waals surface area contributed by atoms with Gasteiger partial charge in [-0.15, -0.1) is 0 Å². The summed E-state index contributed by atoms with van der Waals surface area (Å²) in [4.78, 5) is 17.2. The summed E-state index contributed by atoms with van der Waals surface area (Å²) in [6, 6.07) is 3.22. The number of hydrogen-bond acceptors (Lipinski definition) is 6. The highest BCUT2D eigenvalue weighted by molar-refractivity contribution is 5.60. The van der Waals surface area contributed by atoms with Crippen LogP contribution in [0.1, 0.15) is 19.3 Å². The molecule has 7 nitrogen and oxygen atoms in total. The van der Waals surface area contributed by atoms with Crippen LogP contribution in [0.15, 0.2) is 12.1 Å². The van der Waals surface area contributed by atoms with Crippen LogP contribution in [0.5, 0.6) is 5.88 Å². The molecule has 1 aliphatic rings. The molecule has 20 heavy (non-hydrogen) atoms. The van der Waals surface area contributed by atoms with Crippen LogP contribution in [0.2, 0.25) is 0 Å². The van der Waals surface area contributed by atoms with Gasteiger partial charge in [0.15, 0.2) is 0 Å². The first-order chi connectivity index (χ1) is 9.67. The molecule has 1 saturated heterocycles. The van der Waals surface area contributed by atoms with E-state index in [0.717, 1.165) is 32.4 Å². The predicted octanol–water partition coefficient (Wildman–Crippen LogP) is 1.58. The van der Waals surface area contributed by atoms with Crippen molar-refractivity contribution in [3.63, 3.8) is 0 Å². The number of anilines is 1. The zero-order valence-electron chi connectivity index (χ0n) is 11.8. The van der Waals surface area contributed by atoms with Crippen molar-refractivity contribution in [1.29, 1.82) is 0 Å². The lowest BCUT2D eigenvalue weighted by Gasteiger charge is -2.36. The number of likely N-dealkylation sites (N-methyl/N-ethyl adjacent to an activating group) is 1. The maximum atomic E-state index is 11.2. The number of hydrogen-bond donors (Lipinski definition) is 1. The molecule has 7 heteroatoms. The summed E-state index contributed by atoms with van der Waals surface area (Å²) >= 11 is 0. The standard InChI is InChI=1S/C13H20N4O3/c1-14-9-10-5-3-4-8-16(10)13-11(17(18)19)6-7-12(15-13)20-2/h6-7,10,14H,3-5,8-9H2,1-2H3. The molecule has 1 aliphatic heterocycles. The van der Waals surface area contributed by atoms with E-state index in [-0.39, 0.29) is 16.7 Å². The molecule has 1 atom stereocenters. The molecule has 1 fully saturated rings. The third-order valence-corrected chi connectivity index (χ3v) is 3.57. The molecular formula is C13H20N4O3. The van der Waals surface area contributed by atoms with Gasteiger partial charge < -0.3 is 15.0 Å². The second-order valence-corrected chi connectivity index (χ2v) is 4.85. The van der Waals surface area contributed by atoms with Crippen molar-refractivity contribution >= 4 is 11.5 Å². The lowest BCUT2D eigenvalue weighted by Crippen LogP contribution is -2.45. The summed E-state index contributed by atoms with van der Waals surface area (Å²) in [6.07, 6.45) is 3.17. The smallest absolute Gasteiger partial charge is 0.311 e. The monoisotopic (exact) mass is 280 g/mol. The molecular weight excluding hydrogens is 260 g/mol. The van der Waals surface area contributed by atoms with Gasteiger partial charge in [0.25, 0.3) is 0 Å². The number of piperidine rings is 1. The number of nitro groups is 1. The van der Waals surface area contributed by atoms with E-state index in [1.807, 2.05) is 11.9 Å². The molecule has 0 aromatic carbocycles. The van der Waals surface area contributed by atoms with E-state index >= 15 is 0 Å². The zero-order valence-corrected chi connectivity index (χ0v) is 11.8. The maximum Gasteiger partial charge on any atom is 0.311 e. The summed E-state index contributed by atoms with van der Waals surface area (Å²) < 4.78 is 5.10. The van der Waals surface area contributed by atoms with Crippen LogP contribution in [0, 0.1) is 10.1 Å². The molecule has 2 rings (SSSR count). The molecule has 1 unspecified atom stereocenters. The second-order valence-electron chi connectivity index (χ2n) is 4.85. The summed E-state index contributed by atoms with van der Waals surface area (Å²) in [5, 5.41) is 14.4. The van der Waals surface area contributed by atoms with E-state index in [4.69, 9.17) is 4.74 Å². The molecule has 0 bridgehead atoms. The maximum absolute atomic E-state index is 11.2. The van der Waals surface area contributed by atoms with Crippen molar-refractivity contribution < 1.29 is 9.66 Å². The second kappa shape index (κ2) is 6.51. The Balaban J connectivity index is 2.39. The van der Waals surface area contributed by atoms with Crippen LogP contribution in [-0.4, -0.2) is 43.2 Å². The normalized spacial score (nSPS) is 18.9. The third-order valence-electron chi connectivity index (χ3n) is 3.57. The minimum absolute atomic E-state index is 0.0359. The molecule has 0 spiro atoms. The van der Waals surface area contributed by atoms with E-state index in [0.29, 0.717) is 11.7 Å². The molecule has 110 valence electrons. The Kier molecular flexibility index (Phi) is 4.73. The molecule has 1 N–H and O–H groups in total. The van der Waals surface area contributed by atoms with Crippen molar-refractivity contribution in [3.05, 3.63) is 22.2 Å². The Morgan fingerprint density at radius 1 is 1.55 bits per heavy atom. The highest BCUT2D eigenvalue weighted by Gasteiger charge is 2.29. The number of pyridine rings is 1. The highest BCUT2D eigenvalue weighted by Crippen LogP contribution is 2.32. The lowest BCUT2D eigenvalue weighted by atomic mass is 10.0. The van der Waals surface area contributed by atoms with Gasteiger partial charge in [-0.3, -0.25) is 10.1 Å². The lowest BCUT2D eigenvalue weighted by molar-refractivity contribution is -0.384. The average Bonchev–Trinajstić information content (AvgIpc) is 2.47. The minimum atomic E-state index is -0.382. The van der Waals surface area contributed by atoms with Gasteiger partial charge in [-0.05, 0) is 26.3 Å². The van der Waals surface area contributed by atoms with Gasteiger partial charge in [0.05, 0.1) is 12.0 Å². The average molecular weight is 280 g/mol. The van der Waals surface area contributed by atoms with Crippen molar-refractivity contribution in [3.8, 4) is 5.88 Å². The minimum Gasteiger partial charge on any atom is -0.481 e. The molecule has 0 radical (unpaired) electrons. The molecule has 0 amide bonds. The van der Waals surface area contributed by atoms with Gasteiger partial charge >= 0.3 is 5.69 Å². The first-order valence-electron chi connectivity index (χ1n) is 6.78. The number of nitrogens with one attached hydrogen (secondary N) is 1. The molecule has 1 aromatic rings. The predicted molar refractivity (Wildman–Crippen MR) is 76.4 cm³/mol. The SMILES string of the molecule is CNCC1CCCCN1c1nc(OC)ccc1[N+](=O)[O-]. The van der Waals surface area contributed by atoms with Crippen molar-refractivity contribution in [2.45, 2.75) is 25.3 Å². The van der Waals surface area contributed by atoms with Gasteiger partial charge in [-0.2, -0.15) is 4.98 Å². The molecule has 1 aromatic heterocycles. The van der Waals surface area contributed by atoms with Crippen LogP contribution < -0.4 is 15.0 Å². The Bertz CT molecular complexity index is 479. The van der Waals surface area contributed by atoms with Crippen molar-refractivity contribution in [2.24, 2.45) is 0 Å². The number of methoxy groups -OCH3 is 1. The Labute approximate surface area is 118 Å². The molecule has 2 heterocycles. The molecule has 0 aliphatic carbocycles. The van der Waals surface area contributed by atoms with Crippen LogP contribution in [0.4, 0.5) is 11.5 Å². The van der Waals surface area contributed by atoms with E-state index in [9.17, 15) is 10.1 Å². The van der Waals surface area contributed by atoms with Crippen molar-refractivity contribution in [1.82, 2.24) is 10.3 Å². The molecule has 0 saturated carbocycles. The first kappa shape index (κ1) is 14.5. The van der Waals surface area contributed by atoms with Gasteiger partial charge in [0.2, 0.25) is 11.7 Å². The van der Waals surface area contributed by atoms with E-state index in [1.165, 1.54) is 19.2 Å². The van der Waals surface area contributed by atoms with E-state index in [2.05, 4.69) is 10.3 Å².